The maximum absolute atomic E-state index is 13.1. The van der Waals surface area contributed by atoms with Gasteiger partial charge in [0.25, 0.3) is 11.8 Å². The number of benzene rings is 1. The van der Waals surface area contributed by atoms with E-state index >= 15 is 0 Å². The second kappa shape index (κ2) is 11.0. The van der Waals surface area contributed by atoms with Gasteiger partial charge in [-0.3, -0.25) is 9.59 Å². The summed E-state index contributed by atoms with van der Waals surface area (Å²) in [5.41, 5.74) is 3.15. The lowest BCUT2D eigenvalue weighted by Crippen LogP contribution is -2.53. The quantitative estimate of drug-likeness (QED) is 0.528. The molecule has 194 valence electrons. The van der Waals surface area contributed by atoms with Gasteiger partial charge in [-0.2, -0.15) is 0 Å². The molecule has 1 aromatic heterocycles. The molecule has 0 bridgehead atoms. The molecule has 0 spiro atoms. The summed E-state index contributed by atoms with van der Waals surface area (Å²) in [5.74, 6) is -0.179. The van der Waals surface area contributed by atoms with E-state index in [1.54, 1.807) is 16.2 Å². The van der Waals surface area contributed by atoms with Crippen molar-refractivity contribution in [2.45, 2.75) is 89.5 Å². The Kier molecular flexibility index (Phi) is 7.74. The Morgan fingerprint density at radius 3 is 2.64 bits per heavy atom. The monoisotopic (exact) mass is 511 g/mol. The Morgan fingerprint density at radius 1 is 1.08 bits per heavy atom. The van der Waals surface area contributed by atoms with Crippen LogP contribution in [-0.4, -0.2) is 56.7 Å². The minimum Gasteiger partial charge on any atom is -0.380 e. The van der Waals surface area contributed by atoms with Crippen LogP contribution in [0, 0.1) is 11.8 Å². The van der Waals surface area contributed by atoms with Crippen LogP contribution in [0.5, 0.6) is 0 Å². The van der Waals surface area contributed by atoms with Crippen LogP contribution >= 0.6 is 11.3 Å². The number of aryl methyl sites for hydroxylation is 2. The highest BCUT2D eigenvalue weighted by Gasteiger charge is 2.41. The molecule has 1 aromatic carbocycles. The minimum absolute atomic E-state index is 0.0997. The molecule has 5 atom stereocenters. The second-order valence-corrected chi connectivity index (χ2v) is 11.9. The molecule has 2 heterocycles. The number of rotatable bonds is 7. The van der Waals surface area contributed by atoms with Crippen LogP contribution in [0.1, 0.15) is 68.0 Å². The predicted octanol–water partition coefficient (Wildman–Crippen LogP) is 3.45. The number of likely N-dealkylation sites (tertiary alicyclic amines) is 1. The third kappa shape index (κ3) is 5.36. The van der Waals surface area contributed by atoms with Gasteiger partial charge in [0.1, 0.15) is 5.01 Å². The summed E-state index contributed by atoms with van der Waals surface area (Å²) in [5, 5.41) is 24.7. The summed E-state index contributed by atoms with van der Waals surface area (Å²) in [6.07, 6.45) is 6.25. The molecule has 7 nitrogen and oxygen atoms in total. The van der Waals surface area contributed by atoms with Crippen molar-refractivity contribution in [3.8, 4) is 10.6 Å². The number of hydrogen-bond acceptors (Lipinski definition) is 6. The third-order valence-corrected chi connectivity index (χ3v) is 9.39. The Hall–Kier alpha value is -2.29. The minimum atomic E-state index is -1.79. The number of amides is 2. The molecular formula is C28H37N3O4S. The number of carbonyl (C=O) groups excluding carboxylic acids is 2. The Bertz CT molecular complexity index is 1060. The van der Waals surface area contributed by atoms with Crippen molar-refractivity contribution >= 4 is 23.2 Å². The molecule has 3 aliphatic rings. The lowest BCUT2D eigenvalue weighted by molar-refractivity contribution is -0.154. The van der Waals surface area contributed by atoms with Crippen LogP contribution < -0.4 is 5.32 Å². The van der Waals surface area contributed by atoms with Crippen LogP contribution in [0.2, 0.25) is 0 Å². The molecular weight excluding hydrogens is 474 g/mol. The maximum Gasteiger partial charge on any atom is 0.254 e. The van der Waals surface area contributed by atoms with Crippen molar-refractivity contribution in [2.24, 2.45) is 11.8 Å². The lowest BCUT2D eigenvalue weighted by atomic mass is 9.78. The predicted molar refractivity (Wildman–Crippen MR) is 139 cm³/mol. The zero-order valence-corrected chi connectivity index (χ0v) is 21.8. The van der Waals surface area contributed by atoms with E-state index in [1.807, 2.05) is 24.3 Å². The number of nitrogens with one attached hydrogen (secondary N) is 1. The highest BCUT2D eigenvalue weighted by atomic mass is 32.1. The van der Waals surface area contributed by atoms with Crippen LogP contribution in [0.3, 0.4) is 0 Å². The summed E-state index contributed by atoms with van der Waals surface area (Å²) >= 11 is 1.75. The average molecular weight is 512 g/mol. The van der Waals surface area contributed by atoms with Gasteiger partial charge >= 0.3 is 0 Å². The highest BCUT2D eigenvalue weighted by molar-refractivity contribution is 7.15. The van der Waals surface area contributed by atoms with Crippen molar-refractivity contribution < 1.29 is 19.8 Å². The van der Waals surface area contributed by atoms with Crippen molar-refractivity contribution in [1.29, 1.82) is 0 Å². The van der Waals surface area contributed by atoms with E-state index in [1.165, 1.54) is 29.8 Å². The molecule has 1 saturated heterocycles. The Balaban J connectivity index is 1.14. The second-order valence-electron chi connectivity index (χ2n) is 10.8. The Morgan fingerprint density at radius 2 is 1.89 bits per heavy atom. The van der Waals surface area contributed by atoms with Gasteiger partial charge < -0.3 is 20.4 Å². The van der Waals surface area contributed by atoms with E-state index in [2.05, 4.69) is 12.2 Å². The lowest BCUT2D eigenvalue weighted by Gasteiger charge is -2.37. The molecule has 0 radical (unpaired) electrons. The molecule has 5 rings (SSSR count). The van der Waals surface area contributed by atoms with Gasteiger partial charge in [0.2, 0.25) is 0 Å². The van der Waals surface area contributed by atoms with E-state index in [0.29, 0.717) is 18.4 Å². The molecule has 8 heteroatoms. The molecule has 3 unspecified atom stereocenters. The van der Waals surface area contributed by atoms with E-state index in [-0.39, 0.29) is 12.6 Å². The molecule has 1 saturated carbocycles. The molecule has 2 amide bonds. The largest absolute Gasteiger partial charge is 0.380 e. The van der Waals surface area contributed by atoms with Crippen LogP contribution in [0.25, 0.3) is 10.6 Å². The number of hydrogen-bond donors (Lipinski definition) is 3. The first-order valence-corrected chi connectivity index (χ1v) is 14.2. The molecule has 2 aliphatic carbocycles. The van der Waals surface area contributed by atoms with Crippen LogP contribution in [-0.2, 0) is 29.0 Å². The van der Waals surface area contributed by atoms with Crippen molar-refractivity contribution in [1.82, 2.24) is 15.2 Å². The van der Waals surface area contributed by atoms with E-state index in [9.17, 15) is 19.8 Å². The number of carbonyl (C=O) groups is 2. The first-order valence-electron chi connectivity index (χ1n) is 13.4. The summed E-state index contributed by atoms with van der Waals surface area (Å²) in [4.78, 5) is 33.5. The van der Waals surface area contributed by atoms with Crippen molar-refractivity contribution in [3.63, 3.8) is 0 Å². The number of aliphatic hydroxyl groups is 2. The van der Waals surface area contributed by atoms with Gasteiger partial charge in [0.05, 0.1) is 5.69 Å². The number of aromatic nitrogens is 1. The summed E-state index contributed by atoms with van der Waals surface area (Å²) in [7, 11) is 0. The van der Waals surface area contributed by atoms with Crippen molar-refractivity contribution in [2.75, 3.05) is 6.54 Å². The molecule has 2 fully saturated rings. The molecule has 36 heavy (non-hydrogen) atoms. The molecule has 2 aromatic rings. The SMILES string of the molecule is CC1CCCC(C2CCCN2C(=O)[C@H](O)[C@@H](O)C(=O)NCc2ccc(-c3nc4c(s3)CCC4)cc2)C1. The molecule has 3 N–H and O–H groups in total. The van der Waals surface area contributed by atoms with E-state index < -0.39 is 24.0 Å². The Labute approximate surface area is 216 Å². The standard InChI is InChI=1S/C28H37N3O4S/c1-17-5-2-6-20(15-17)22-8-4-14-31(22)28(35)25(33)24(32)26(34)29-16-18-10-12-19(13-11-18)27-30-21-7-3-9-23(21)36-27/h10-13,17,20,22,24-25,32-33H,2-9,14-16H2,1H3,(H,29,34)/t17?,20?,22?,24-,25-/m1/s1. The van der Waals surface area contributed by atoms with Gasteiger partial charge in [-0.15, -0.1) is 11.3 Å². The van der Waals surface area contributed by atoms with E-state index in [4.69, 9.17) is 4.98 Å². The van der Waals surface area contributed by atoms with E-state index in [0.717, 1.165) is 54.7 Å². The number of nitrogens with zero attached hydrogens (tertiary/aromatic N) is 2. The topological polar surface area (TPSA) is 103 Å². The van der Waals surface area contributed by atoms with Crippen LogP contribution in [0.4, 0.5) is 0 Å². The maximum atomic E-state index is 13.1. The zero-order chi connectivity index (χ0) is 25.2. The van der Waals surface area contributed by atoms with Gasteiger partial charge in [0.15, 0.2) is 12.2 Å². The van der Waals surface area contributed by atoms with Gasteiger partial charge in [-0.1, -0.05) is 44.0 Å². The highest BCUT2D eigenvalue weighted by Crippen LogP contribution is 2.37. The van der Waals surface area contributed by atoms with Gasteiger partial charge in [-0.05, 0) is 62.3 Å². The fourth-order valence-electron chi connectivity index (χ4n) is 6.21. The summed E-state index contributed by atoms with van der Waals surface area (Å²) < 4.78 is 0. The summed E-state index contributed by atoms with van der Waals surface area (Å²) in [6, 6.07) is 7.93. The number of thiazole rings is 1. The van der Waals surface area contributed by atoms with Crippen LogP contribution in [0.15, 0.2) is 24.3 Å². The normalized spacial score (nSPS) is 25.4. The number of aliphatic hydroxyl groups excluding tert-OH is 2. The number of fused-ring (bicyclic) bond motifs is 1. The fourth-order valence-corrected chi connectivity index (χ4v) is 7.36. The average Bonchev–Trinajstić information content (AvgIpc) is 3.63. The van der Waals surface area contributed by atoms with Gasteiger partial charge in [0, 0.05) is 29.6 Å². The van der Waals surface area contributed by atoms with Crippen molar-refractivity contribution in [3.05, 3.63) is 40.4 Å². The first kappa shape index (κ1) is 25.4. The van der Waals surface area contributed by atoms with Gasteiger partial charge in [-0.25, -0.2) is 4.98 Å². The fraction of sp³-hybridized carbons (Fsp3) is 0.607. The summed E-state index contributed by atoms with van der Waals surface area (Å²) in [6.45, 7) is 3.04. The first-order chi connectivity index (χ1) is 17.4. The zero-order valence-electron chi connectivity index (χ0n) is 21.0. The third-order valence-electron chi connectivity index (χ3n) is 8.19. The molecule has 1 aliphatic heterocycles. The smallest absolute Gasteiger partial charge is 0.254 e.